The highest BCUT2D eigenvalue weighted by Gasteiger charge is 2.27. The van der Waals surface area contributed by atoms with Crippen LogP contribution in [0.3, 0.4) is 0 Å². The predicted octanol–water partition coefficient (Wildman–Crippen LogP) is 3.64. The van der Waals surface area contributed by atoms with Gasteiger partial charge in [0.25, 0.3) is 0 Å². The fourth-order valence-electron chi connectivity index (χ4n) is 2.82. The first-order valence-corrected chi connectivity index (χ1v) is 8.11. The van der Waals surface area contributed by atoms with Crippen molar-refractivity contribution in [2.24, 2.45) is 0 Å². The van der Waals surface area contributed by atoms with E-state index in [0.29, 0.717) is 12.0 Å². The van der Waals surface area contributed by atoms with Crippen LogP contribution >= 0.6 is 11.3 Å². The topological polar surface area (TPSA) is 29.1 Å². The van der Waals surface area contributed by atoms with Crippen LogP contribution in [0, 0.1) is 5.82 Å². The third kappa shape index (κ3) is 2.78. The molecule has 3 rings (SSSR count). The predicted molar refractivity (Wildman–Crippen MR) is 83.3 cm³/mol. The molecule has 0 aliphatic carbocycles. The molecule has 1 aliphatic rings. The first kappa shape index (κ1) is 14.4. The Morgan fingerprint density at radius 2 is 2.24 bits per heavy atom. The second-order valence-corrected chi connectivity index (χ2v) is 6.47. The molecule has 0 spiro atoms. The van der Waals surface area contributed by atoms with Gasteiger partial charge in [-0.3, -0.25) is 4.79 Å². The molecule has 0 bridgehead atoms. The van der Waals surface area contributed by atoms with E-state index >= 15 is 0 Å². The highest BCUT2D eigenvalue weighted by molar-refractivity contribution is 7.12. The third-order valence-electron chi connectivity index (χ3n) is 3.93. The molecule has 1 aromatic heterocycles. The average Bonchev–Trinajstić information content (AvgIpc) is 2.92. The number of halogens is 1. The molecular formula is C17H18FNOS. The number of hydrogen-bond donors (Lipinski definition) is 1. The number of nitrogens with one attached hydrogen (secondary N) is 1. The number of rotatable bonds is 4. The summed E-state index contributed by atoms with van der Waals surface area (Å²) in [6.07, 6.45) is 1.41. The van der Waals surface area contributed by atoms with E-state index in [0.717, 1.165) is 24.4 Å². The highest BCUT2D eigenvalue weighted by Crippen LogP contribution is 2.36. The number of thiophene rings is 1. The quantitative estimate of drug-likeness (QED) is 0.934. The van der Waals surface area contributed by atoms with Gasteiger partial charge in [-0.25, -0.2) is 4.39 Å². The van der Waals surface area contributed by atoms with Gasteiger partial charge in [-0.15, -0.1) is 11.3 Å². The fourth-order valence-corrected chi connectivity index (χ4v) is 4.14. The molecule has 2 heterocycles. The Bertz CT molecular complexity index is 641. The van der Waals surface area contributed by atoms with E-state index < -0.39 is 5.92 Å². The van der Waals surface area contributed by atoms with Crippen molar-refractivity contribution in [3.63, 3.8) is 0 Å². The molecule has 0 saturated heterocycles. The van der Waals surface area contributed by atoms with E-state index in [4.69, 9.17) is 0 Å². The molecule has 2 nitrogen and oxygen atoms in total. The van der Waals surface area contributed by atoms with Crippen molar-refractivity contribution in [2.75, 3.05) is 6.54 Å². The van der Waals surface area contributed by atoms with Crippen molar-refractivity contribution in [1.29, 1.82) is 0 Å². The van der Waals surface area contributed by atoms with Gasteiger partial charge in [-0.05, 0) is 24.1 Å². The van der Waals surface area contributed by atoms with Gasteiger partial charge in [-0.1, -0.05) is 25.1 Å². The van der Waals surface area contributed by atoms with Gasteiger partial charge in [0.05, 0.1) is 5.92 Å². The lowest BCUT2D eigenvalue weighted by Gasteiger charge is -2.14. The Hall–Kier alpha value is -1.52. The summed E-state index contributed by atoms with van der Waals surface area (Å²) in [5.41, 5.74) is 1.75. The van der Waals surface area contributed by atoms with Gasteiger partial charge in [0, 0.05) is 34.8 Å². The molecule has 1 aromatic carbocycles. The van der Waals surface area contributed by atoms with E-state index in [1.54, 1.807) is 29.5 Å². The third-order valence-corrected chi connectivity index (χ3v) is 5.23. The average molecular weight is 303 g/mol. The number of Topliss-reactive ketones (excluding diaryl/α,β-unsaturated/α-hetero) is 1. The van der Waals surface area contributed by atoms with E-state index in [1.807, 2.05) is 6.92 Å². The number of benzene rings is 1. The second-order valence-electron chi connectivity index (χ2n) is 5.30. The fraction of sp³-hybridized carbons (Fsp3) is 0.353. The number of carbonyl (C=O) groups excluding carboxylic acids is 1. The Morgan fingerprint density at radius 3 is 2.95 bits per heavy atom. The summed E-state index contributed by atoms with van der Waals surface area (Å²) in [4.78, 5) is 14.7. The minimum atomic E-state index is -0.466. The van der Waals surface area contributed by atoms with Crippen LogP contribution in [-0.2, 0) is 17.8 Å². The summed E-state index contributed by atoms with van der Waals surface area (Å²) < 4.78 is 14.1. The lowest BCUT2D eigenvalue weighted by Crippen LogP contribution is -2.21. The summed E-state index contributed by atoms with van der Waals surface area (Å²) in [6, 6.07) is 8.70. The van der Waals surface area contributed by atoms with Crippen molar-refractivity contribution < 1.29 is 9.18 Å². The molecule has 0 amide bonds. The van der Waals surface area contributed by atoms with Crippen LogP contribution in [0.15, 0.2) is 30.3 Å². The van der Waals surface area contributed by atoms with Gasteiger partial charge >= 0.3 is 0 Å². The van der Waals surface area contributed by atoms with Crippen LogP contribution in [0.1, 0.15) is 40.1 Å². The lowest BCUT2D eigenvalue weighted by atomic mass is 9.91. The summed E-state index contributed by atoms with van der Waals surface area (Å²) in [6.45, 7) is 3.65. The van der Waals surface area contributed by atoms with Crippen molar-refractivity contribution in [1.82, 2.24) is 5.32 Å². The summed E-state index contributed by atoms with van der Waals surface area (Å²) in [7, 11) is 0. The van der Waals surface area contributed by atoms with Crippen LogP contribution in [0.25, 0.3) is 0 Å². The molecule has 110 valence electrons. The zero-order valence-corrected chi connectivity index (χ0v) is 12.8. The molecule has 1 atom stereocenters. The van der Waals surface area contributed by atoms with Gasteiger partial charge in [0.2, 0.25) is 0 Å². The van der Waals surface area contributed by atoms with Gasteiger partial charge in [-0.2, -0.15) is 0 Å². The lowest BCUT2D eigenvalue weighted by molar-refractivity contribution is -0.119. The van der Waals surface area contributed by atoms with E-state index in [1.165, 1.54) is 16.5 Å². The molecule has 4 heteroatoms. The van der Waals surface area contributed by atoms with Crippen LogP contribution in [0.2, 0.25) is 0 Å². The molecule has 0 saturated carbocycles. The zero-order valence-electron chi connectivity index (χ0n) is 12.0. The molecular weight excluding hydrogens is 285 g/mol. The van der Waals surface area contributed by atoms with Gasteiger partial charge in [0.1, 0.15) is 11.6 Å². The molecule has 1 unspecified atom stereocenters. The Morgan fingerprint density at radius 1 is 1.43 bits per heavy atom. The van der Waals surface area contributed by atoms with Crippen LogP contribution in [0.4, 0.5) is 4.39 Å². The van der Waals surface area contributed by atoms with E-state index in [9.17, 15) is 9.18 Å². The first-order valence-electron chi connectivity index (χ1n) is 7.30. The van der Waals surface area contributed by atoms with Gasteiger partial charge < -0.3 is 5.32 Å². The van der Waals surface area contributed by atoms with Crippen LogP contribution in [-0.4, -0.2) is 12.3 Å². The van der Waals surface area contributed by atoms with Crippen molar-refractivity contribution in [3.05, 3.63) is 57.0 Å². The molecule has 2 aromatic rings. The van der Waals surface area contributed by atoms with Gasteiger partial charge in [0.15, 0.2) is 0 Å². The standard InChI is InChI=1S/C17H18FNOS/c1-2-14(20)17(12-5-3-4-6-13(12)18)16-9-11-10-19-8-7-15(11)21-16/h3-6,9,17,19H,2,7-8,10H2,1H3. The molecule has 1 aliphatic heterocycles. The Kier molecular flexibility index (Phi) is 4.17. The number of fused-ring (bicyclic) bond motifs is 1. The van der Waals surface area contributed by atoms with E-state index in [2.05, 4.69) is 11.4 Å². The highest BCUT2D eigenvalue weighted by atomic mass is 32.1. The maximum atomic E-state index is 14.1. The summed E-state index contributed by atoms with van der Waals surface area (Å²) >= 11 is 1.66. The number of hydrogen-bond acceptors (Lipinski definition) is 3. The minimum Gasteiger partial charge on any atom is -0.312 e. The molecule has 21 heavy (non-hydrogen) atoms. The van der Waals surface area contributed by atoms with E-state index in [-0.39, 0.29) is 11.6 Å². The van der Waals surface area contributed by atoms with Crippen molar-refractivity contribution in [3.8, 4) is 0 Å². The monoisotopic (exact) mass is 303 g/mol. The maximum absolute atomic E-state index is 14.1. The summed E-state index contributed by atoms with van der Waals surface area (Å²) in [5, 5.41) is 3.34. The van der Waals surface area contributed by atoms with Crippen LogP contribution in [0.5, 0.6) is 0 Å². The number of carbonyl (C=O) groups is 1. The Labute approximate surface area is 128 Å². The Balaban J connectivity index is 2.06. The zero-order chi connectivity index (χ0) is 14.8. The minimum absolute atomic E-state index is 0.0756. The summed E-state index contributed by atoms with van der Waals surface area (Å²) in [5.74, 6) is -0.688. The molecule has 0 radical (unpaired) electrons. The SMILES string of the molecule is CCC(=O)C(c1cc2c(s1)CCNC2)c1ccccc1F. The van der Waals surface area contributed by atoms with Crippen molar-refractivity contribution in [2.45, 2.75) is 32.2 Å². The van der Waals surface area contributed by atoms with Crippen molar-refractivity contribution >= 4 is 17.1 Å². The first-order chi connectivity index (χ1) is 10.2. The normalized spacial score (nSPS) is 15.5. The smallest absolute Gasteiger partial charge is 0.145 e. The number of ketones is 1. The second kappa shape index (κ2) is 6.08. The largest absolute Gasteiger partial charge is 0.312 e. The molecule has 0 fully saturated rings. The molecule has 1 N–H and O–H groups in total. The van der Waals surface area contributed by atoms with Crippen LogP contribution < -0.4 is 5.32 Å². The maximum Gasteiger partial charge on any atom is 0.145 e.